The summed E-state index contributed by atoms with van der Waals surface area (Å²) in [4.78, 5) is 22.2. The van der Waals surface area contributed by atoms with Gasteiger partial charge in [-0.25, -0.2) is 4.79 Å². The van der Waals surface area contributed by atoms with E-state index in [2.05, 4.69) is 5.32 Å². The number of ether oxygens (including phenoxy) is 1. The number of nitrogens with two attached hydrogens (primary N) is 1. The van der Waals surface area contributed by atoms with Gasteiger partial charge in [-0.2, -0.15) is 0 Å². The van der Waals surface area contributed by atoms with Crippen molar-refractivity contribution in [3.05, 3.63) is 0 Å². The predicted octanol–water partition coefficient (Wildman–Crippen LogP) is 0.108. The van der Waals surface area contributed by atoms with Crippen LogP contribution in [0.15, 0.2) is 0 Å². The summed E-state index contributed by atoms with van der Waals surface area (Å²) in [5.41, 5.74) is 5.79. The van der Waals surface area contributed by atoms with Gasteiger partial charge in [0, 0.05) is 19.0 Å². The Labute approximate surface area is 107 Å². The Kier molecular flexibility index (Phi) is 5.55. The van der Waals surface area contributed by atoms with E-state index >= 15 is 0 Å². The SMILES string of the molecule is CC(C)C(N)CC(=O)NCC1CCC(C(=O)O)O1. The van der Waals surface area contributed by atoms with Gasteiger partial charge in [-0.15, -0.1) is 0 Å². The van der Waals surface area contributed by atoms with Gasteiger partial charge < -0.3 is 20.9 Å². The Morgan fingerprint density at radius 3 is 2.61 bits per heavy atom. The van der Waals surface area contributed by atoms with Crippen LogP contribution in [-0.4, -0.2) is 41.8 Å². The molecule has 1 fully saturated rings. The third-order valence-corrected chi connectivity index (χ3v) is 3.19. The first kappa shape index (κ1) is 14.9. The van der Waals surface area contributed by atoms with E-state index in [4.69, 9.17) is 15.6 Å². The molecule has 4 N–H and O–H groups in total. The normalized spacial score (nSPS) is 25.1. The molecule has 3 unspecified atom stereocenters. The van der Waals surface area contributed by atoms with Crippen LogP contribution < -0.4 is 11.1 Å². The largest absolute Gasteiger partial charge is 0.479 e. The Morgan fingerprint density at radius 2 is 2.11 bits per heavy atom. The molecule has 104 valence electrons. The van der Waals surface area contributed by atoms with Gasteiger partial charge >= 0.3 is 5.97 Å². The lowest BCUT2D eigenvalue weighted by atomic mass is 10.0. The number of nitrogens with one attached hydrogen (secondary N) is 1. The second-order valence-corrected chi connectivity index (χ2v) is 5.08. The first-order valence-electron chi connectivity index (χ1n) is 6.30. The number of amides is 1. The van der Waals surface area contributed by atoms with Crippen LogP contribution in [0.4, 0.5) is 0 Å². The number of rotatable bonds is 6. The van der Waals surface area contributed by atoms with E-state index in [1.807, 2.05) is 13.8 Å². The summed E-state index contributed by atoms with van der Waals surface area (Å²) >= 11 is 0. The Bertz CT molecular complexity index is 306. The molecular formula is C12H22N2O4. The van der Waals surface area contributed by atoms with E-state index in [-0.39, 0.29) is 30.4 Å². The second kappa shape index (κ2) is 6.70. The number of carbonyl (C=O) groups excluding carboxylic acids is 1. The van der Waals surface area contributed by atoms with E-state index in [0.29, 0.717) is 19.4 Å². The predicted molar refractivity (Wildman–Crippen MR) is 66.0 cm³/mol. The maximum absolute atomic E-state index is 11.6. The zero-order valence-corrected chi connectivity index (χ0v) is 10.9. The highest BCUT2D eigenvalue weighted by Gasteiger charge is 2.30. The minimum atomic E-state index is -0.939. The Hall–Kier alpha value is -1.14. The molecule has 0 saturated carbocycles. The minimum Gasteiger partial charge on any atom is -0.479 e. The highest BCUT2D eigenvalue weighted by atomic mass is 16.5. The minimum absolute atomic E-state index is 0.112. The topological polar surface area (TPSA) is 102 Å². The highest BCUT2D eigenvalue weighted by molar-refractivity contribution is 5.76. The number of carbonyl (C=O) groups is 2. The Morgan fingerprint density at radius 1 is 1.44 bits per heavy atom. The van der Waals surface area contributed by atoms with Crippen LogP contribution in [0.5, 0.6) is 0 Å². The van der Waals surface area contributed by atoms with Crippen molar-refractivity contribution in [1.82, 2.24) is 5.32 Å². The lowest BCUT2D eigenvalue weighted by molar-refractivity contribution is -0.149. The van der Waals surface area contributed by atoms with Crippen LogP contribution in [0.3, 0.4) is 0 Å². The molecule has 1 rings (SSSR count). The summed E-state index contributed by atoms with van der Waals surface area (Å²) in [7, 11) is 0. The molecule has 1 heterocycles. The first-order chi connectivity index (χ1) is 8.40. The number of hydrogen-bond donors (Lipinski definition) is 3. The molecule has 1 aliphatic heterocycles. The van der Waals surface area contributed by atoms with Crippen molar-refractivity contribution in [2.45, 2.75) is 51.4 Å². The van der Waals surface area contributed by atoms with Crippen molar-refractivity contribution < 1.29 is 19.4 Å². The number of hydrogen-bond acceptors (Lipinski definition) is 4. The molecular weight excluding hydrogens is 236 g/mol. The molecule has 0 bridgehead atoms. The van der Waals surface area contributed by atoms with E-state index < -0.39 is 12.1 Å². The third-order valence-electron chi connectivity index (χ3n) is 3.19. The van der Waals surface area contributed by atoms with Crippen molar-refractivity contribution in [3.8, 4) is 0 Å². The zero-order valence-electron chi connectivity index (χ0n) is 10.9. The average molecular weight is 258 g/mol. The lowest BCUT2D eigenvalue weighted by Crippen LogP contribution is -2.38. The number of aliphatic carboxylic acids is 1. The monoisotopic (exact) mass is 258 g/mol. The lowest BCUT2D eigenvalue weighted by Gasteiger charge is -2.16. The van der Waals surface area contributed by atoms with Crippen LogP contribution in [0.1, 0.15) is 33.1 Å². The fourth-order valence-corrected chi connectivity index (χ4v) is 1.79. The smallest absolute Gasteiger partial charge is 0.332 e. The van der Waals surface area contributed by atoms with Crippen molar-refractivity contribution in [2.24, 2.45) is 11.7 Å². The zero-order chi connectivity index (χ0) is 13.7. The third kappa shape index (κ3) is 4.62. The molecule has 0 spiro atoms. The standard InChI is InChI=1S/C12H22N2O4/c1-7(2)9(13)5-11(15)14-6-8-3-4-10(18-8)12(16)17/h7-10H,3-6,13H2,1-2H3,(H,14,15)(H,16,17). The second-order valence-electron chi connectivity index (χ2n) is 5.08. The van der Waals surface area contributed by atoms with Gasteiger partial charge in [-0.1, -0.05) is 13.8 Å². The van der Waals surface area contributed by atoms with Gasteiger partial charge in [0.2, 0.25) is 5.91 Å². The molecule has 0 radical (unpaired) electrons. The summed E-state index contributed by atoms with van der Waals surface area (Å²) in [5.74, 6) is -0.792. The van der Waals surface area contributed by atoms with E-state index in [1.54, 1.807) is 0 Å². The summed E-state index contributed by atoms with van der Waals surface area (Å²) in [6, 6.07) is -0.152. The van der Waals surface area contributed by atoms with E-state index in [1.165, 1.54) is 0 Å². The molecule has 1 aliphatic rings. The molecule has 0 aliphatic carbocycles. The van der Waals surface area contributed by atoms with Gasteiger partial charge in [0.25, 0.3) is 0 Å². The Balaban J connectivity index is 2.22. The molecule has 18 heavy (non-hydrogen) atoms. The van der Waals surface area contributed by atoms with Gasteiger partial charge in [-0.05, 0) is 18.8 Å². The molecule has 1 saturated heterocycles. The maximum atomic E-state index is 11.6. The molecule has 0 aromatic heterocycles. The fraction of sp³-hybridized carbons (Fsp3) is 0.833. The van der Waals surface area contributed by atoms with Gasteiger partial charge in [-0.3, -0.25) is 4.79 Å². The number of carboxylic acid groups (broad SMARTS) is 1. The summed E-state index contributed by atoms with van der Waals surface area (Å²) in [5, 5.41) is 11.5. The van der Waals surface area contributed by atoms with E-state index in [0.717, 1.165) is 0 Å². The molecule has 0 aromatic carbocycles. The van der Waals surface area contributed by atoms with Crippen molar-refractivity contribution >= 4 is 11.9 Å². The van der Waals surface area contributed by atoms with Crippen molar-refractivity contribution in [2.75, 3.05) is 6.54 Å². The molecule has 6 heteroatoms. The van der Waals surface area contributed by atoms with Crippen LogP contribution >= 0.6 is 0 Å². The van der Waals surface area contributed by atoms with Crippen LogP contribution in [-0.2, 0) is 14.3 Å². The molecule has 3 atom stereocenters. The molecule has 1 amide bonds. The maximum Gasteiger partial charge on any atom is 0.332 e. The van der Waals surface area contributed by atoms with Gasteiger partial charge in [0.15, 0.2) is 6.10 Å². The highest BCUT2D eigenvalue weighted by Crippen LogP contribution is 2.19. The quantitative estimate of drug-likeness (QED) is 0.627. The van der Waals surface area contributed by atoms with Gasteiger partial charge in [0.05, 0.1) is 6.10 Å². The summed E-state index contributed by atoms with van der Waals surface area (Å²) < 4.78 is 5.28. The number of carboxylic acids is 1. The fourth-order valence-electron chi connectivity index (χ4n) is 1.79. The van der Waals surface area contributed by atoms with Crippen LogP contribution in [0.25, 0.3) is 0 Å². The van der Waals surface area contributed by atoms with Crippen LogP contribution in [0, 0.1) is 5.92 Å². The first-order valence-corrected chi connectivity index (χ1v) is 6.30. The van der Waals surface area contributed by atoms with Crippen molar-refractivity contribution in [1.29, 1.82) is 0 Å². The average Bonchev–Trinajstić information content (AvgIpc) is 2.74. The molecule has 6 nitrogen and oxygen atoms in total. The van der Waals surface area contributed by atoms with Crippen molar-refractivity contribution in [3.63, 3.8) is 0 Å². The van der Waals surface area contributed by atoms with Crippen LogP contribution in [0.2, 0.25) is 0 Å². The summed E-state index contributed by atoms with van der Waals surface area (Å²) in [6.45, 7) is 4.29. The summed E-state index contributed by atoms with van der Waals surface area (Å²) in [6.07, 6.45) is 0.511. The van der Waals surface area contributed by atoms with E-state index in [9.17, 15) is 9.59 Å². The van der Waals surface area contributed by atoms with Gasteiger partial charge in [0.1, 0.15) is 0 Å². The molecule has 0 aromatic rings.